The van der Waals surface area contributed by atoms with E-state index >= 15 is 0 Å². The Balaban J connectivity index is 2.07. The third kappa shape index (κ3) is 7.26. The number of unbranched alkanes of at least 4 members (excludes halogenated alkanes) is 1. The standard InChI is InChI=1S/C28H43N2O6PS/c1-6-10-16-28(7-2)20-38(32,33)26-17-23(19-29-21-37(31,35-8-3)36-9-4)25(34-5)18-24(26)27(30-28)22-14-12-11-13-15-22/h11-15,17-18,27,29-30H,6-10,16,19-21H2,1-5H3/t27-,28-/m1/s1. The summed E-state index contributed by atoms with van der Waals surface area (Å²) >= 11 is 0. The molecule has 1 aliphatic heterocycles. The van der Waals surface area contributed by atoms with Gasteiger partial charge in [0.1, 0.15) is 5.75 Å². The molecule has 212 valence electrons. The van der Waals surface area contributed by atoms with Crippen molar-refractivity contribution >= 4 is 17.4 Å². The zero-order valence-electron chi connectivity index (χ0n) is 23.3. The van der Waals surface area contributed by atoms with Crippen LogP contribution in [-0.2, 0) is 30.0 Å². The molecule has 0 aliphatic carbocycles. The number of hydrogen-bond donors (Lipinski definition) is 2. The average molecular weight is 567 g/mol. The Morgan fingerprint density at radius 1 is 1.08 bits per heavy atom. The summed E-state index contributed by atoms with van der Waals surface area (Å²) in [6.07, 6.45) is 3.40. The molecule has 2 aromatic carbocycles. The van der Waals surface area contributed by atoms with Crippen molar-refractivity contribution in [3.63, 3.8) is 0 Å². The third-order valence-electron chi connectivity index (χ3n) is 7.07. The SMILES string of the molecule is CCCC[C@]1(CC)CS(=O)(=O)c2cc(CNCP(=O)(OCC)OCC)c(OC)cc2[C@@H](c2ccccc2)N1. The van der Waals surface area contributed by atoms with Crippen molar-refractivity contribution in [2.45, 2.75) is 76.4 Å². The highest BCUT2D eigenvalue weighted by molar-refractivity contribution is 7.91. The highest BCUT2D eigenvalue weighted by Gasteiger charge is 2.42. The molecule has 2 N–H and O–H groups in total. The molecule has 2 aromatic rings. The summed E-state index contributed by atoms with van der Waals surface area (Å²) in [6, 6.07) is 13.2. The summed E-state index contributed by atoms with van der Waals surface area (Å²) in [7, 11) is -5.36. The van der Waals surface area contributed by atoms with Gasteiger partial charge in [-0.25, -0.2) is 8.42 Å². The molecule has 0 saturated heterocycles. The fourth-order valence-electron chi connectivity index (χ4n) is 5.11. The third-order valence-corrected chi connectivity index (χ3v) is 10.9. The normalized spacial score (nSPS) is 21.0. The van der Waals surface area contributed by atoms with E-state index in [-0.39, 0.29) is 37.8 Å². The van der Waals surface area contributed by atoms with E-state index in [0.717, 1.165) is 24.8 Å². The summed E-state index contributed by atoms with van der Waals surface area (Å²) in [5, 5.41) is 6.91. The zero-order valence-corrected chi connectivity index (χ0v) is 25.0. The molecule has 2 atom stereocenters. The van der Waals surface area contributed by atoms with Crippen LogP contribution in [0.2, 0.25) is 0 Å². The quantitative estimate of drug-likeness (QED) is 0.276. The van der Waals surface area contributed by atoms with Crippen LogP contribution in [0.15, 0.2) is 47.4 Å². The molecule has 0 bridgehead atoms. The average Bonchev–Trinajstić information content (AvgIpc) is 3.00. The molecule has 0 fully saturated rings. The van der Waals surface area contributed by atoms with E-state index in [9.17, 15) is 13.0 Å². The highest BCUT2D eigenvalue weighted by atomic mass is 32.2. The zero-order chi connectivity index (χ0) is 27.8. The number of benzene rings is 2. The second-order valence-corrected chi connectivity index (χ2v) is 13.7. The summed E-state index contributed by atoms with van der Waals surface area (Å²) < 4.78 is 57.3. The Morgan fingerprint density at radius 2 is 1.76 bits per heavy atom. The number of hydrogen-bond acceptors (Lipinski definition) is 8. The predicted octanol–water partition coefficient (Wildman–Crippen LogP) is 5.81. The number of nitrogens with one attached hydrogen (secondary N) is 2. The molecule has 0 unspecified atom stereocenters. The molecule has 38 heavy (non-hydrogen) atoms. The Kier molecular flexibility index (Phi) is 11.0. The summed E-state index contributed by atoms with van der Waals surface area (Å²) in [4.78, 5) is 0.307. The second kappa shape index (κ2) is 13.6. The Morgan fingerprint density at radius 3 is 2.34 bits per heavy atom. The minimum absolute atomic E-state index is 0.00578. The molecule has 1 aliphatic rings. The van der Waals surface area contributed by atoms with Gasteiger partial charge < -0.3 is 19.1 Å². The van der Waals surface area contributed by atoms with Crippen LogP contribution in [0.4, 0.5) is 0 Å². The van der Waals surface area contributed by atoms with Gasteiger partial charge in [-0.1, -0.05) is 57.0 Å². The maximum atomic E-state index is 14.0. The van der Waals surface area contributed by atoms with Crippen LogP contribution in [0.3, 0.4) is 0 Å². The number of ether oxygens (including phenoxy) is 1. The van der Waals surface area contributed by atoms with Crippen molar-refractivity contribution < 1.29 is 26.8 Å². The van der Waals surface area contributed by atoms with Crippen molar-refractivity contribution in [2.24, 2.45) is 0 Å². The van der Waals surface area contributed by atoms with Crippen molar-refractivity contribution in [3.05, 3.63) is 59.2 Å². The van der Waals surface area contributed by atoms with E-state index < -0.39 is 23.0 Å². The number of fused-ring (bicyclic) bond motifs is 1. The van der Waals surface area contributed by atoms with Gasteiger partial charge in [0.05, 0.1) is 43.3 Å². The summed E-state index contributed by atoms with van der Waals surface area (Å²) in [6.45, 7) is 8.49. The van der Waals surface area contributed by atoms with Crippen LogP contribution in [0.25, 0.3) is 0 Å². The minimum Gasteiger partial charge on any atom is -0.496 e. The van der Waals surface area contributed by atoms with Gasteiger partial charge in [-0.2, -0.15) is 0 Å². The van der Waals surface area contributed by atoms with Crippen LogP contribution < -0.4 is 15.4 Å². The van der Waals surface area contributed by atoms with Crippen LogP contribution in [-0.4, -0.2) is 46.3 Å². The minimum atomic E-state index is -3.64. The molecule has 10 heteroatoms. The van der Waals surface area contributed by atoms with Crippen LogP contribution in [0.5, 0.6) is 5.75 Å². The molecule has 0 amide bonds. The van der Waals surface area contributed by atoms with Crippen LogP contribution in [0, 0.1) is 0 Å². The molecular formula is C28H43N2O6PS. The van der Waals surface area contributed by atoms with Crippen LogP contribution >= 0.6 is 7.60 Å². The lowest BCUT2D eigenvalue weighted by Crippen LogP contribution is -2.50. The topological polar surface area (TPSA) is 103 Å². The first kappa shape index (κ1) is 30.8. The Hall–Kier alpha value is -1.74. The maximum Gasteiger partial charge on any atom is 0.344 e. The molecule has 0 spiro atoms. The predicted molar refractivity (Wildman–Crippen MR) is 152 cm³/mol. The maximum absolute atomic E-state index is 14.0. The first-order chi connectivity index (χ1) is 18.2. The van der Waals surface area contributed by atoms with Crippen molar-refractivity contribution in [2.75, 3.05) is 32.4 Å². The van der Waals surface area contributed by atoms with E-state index in [1.54, 1.807) is 27.0 Å². The molecule has 0 saturated carbocycles. The van der Waals surface area contributed by atoms with Gasteiger partial charge in [0.25, 0.3) is 0 Å². The van der Waals surface area contributed by atoms with Gasteiger partial charge in [-0.15, -0.1) is 0 Å². The molecule has 0 radical (unpaired) electrons. The molecular weight excluding hydrogens is 523 g/mol. The lowest BCUT2D eigenvalue weighted by atomic mass is 9.88. The van der Waals surface area contributed by atoms with E-state index in [1.165, 1.54) is 0 Å². The largest absolute Gasteiger partial charge is 0.496 e. The van der Waals surface area contributed by atoms with Crippen molar-refractivity contribution in [1.82, 2.24) is 10.6 Å². The fourth-order valence-corrected chi connectivity index (χ4v) is 8.71. The van der Waals surface area contributed by atoms with Gasteiger partial charge in [0.15, 0.2) is 9.84 Å². The van der Waals surface area contributed by atoms with Gasteiger partial charge in [-0.05, 0) is 49.9 Å². The van der Waals surface area contributed by atoms with E-state index in [4.69, 9.17) is 13.8 Å². The number of rotatable bonds is 14. The van der Waals surface area contributed by atoms with E-state index in [0.29, 0.717) is 28.2 Å². The van der Waals surface area contributed by atoms with Gasteiger partial charge in [0, 0.05) is 17.6 Å². The Bertz CT molecular complexity index is 1200. The fraction of sp³-hybridized carbons (Fsp3) is 0.571. The van der Waals surface area contributed by atoms with Crippen molar-refractivity contribution in [3.8, 4) is 5.75 Å². The lowest BCUT2D eigenvalue weighted by molar-refractivity contribution is 0.218. The first-order valence-electron chi connectivity index (χ1n) is 13.5. The van der Waals surface area contributed by atoms with E-state index in [1.807, 2.05) is 36.4 Å². The smallest absolute Gasteiger partial charge is 0.344 e. The van der Waals surface area contributed by atoms with Gasteiger partial charge >= 0.3 is 7.60 Å². The van der Waals surface area contributed by atoms with Crippen molar-refractivity contribution in [1.29, 1.82) is 0 Å². The monoisotopic (exact) mass is 566 g/mol. The molecule has 8 nitrogen and oxygen atoms in total. The molecule has 1 heterocycles. The van der Waals surface area contributed by atoms with Crippen LogP contribution in [0.1, 0.15) is 76.1 Å². The first-order valence-corrected chi connectivity index (χ1v) is 16.9. The number of methoxy groups -OCH3 is 1. The summed E-state index contributed by atoms with van der Waals surface area (Å²) in [5.41, 5.74) is 1.79. The number of sulfone groups is 1. The van der Waals surface area contributed by atoms with E-state index in [2.05, 4.69) is 24.5 Å². The highest BCUT2D eigenvalue weighted by Crippen LogP contribution is 2.47. The molecule has 0 aromatic heterocycles. The lowest BCUT2D eigenvalue weighted by Gasteiger charge is -2.36. The Labute approximate surface area is 228 Å². The van der Waals surface area contributed by atoms with Gasteiger partial charge in [-0.3, -0.25) is 9.88 Å². The second-order valence-electron chi connectivity index (χ2n) is 9.72. The molecule has 3 rings (SSSR count). The summed E-state index contributed by atoms with van der Waals surface area (Å²) in [5.74, 6) is 0.588. The van der Waals surface area contributed by atoms with Gasteiger partial charge in [0.2, 0.25) is 0 Å².